The molecule has 2 aromatic carbocycles. The second kappa shape index (κ2) is 9.51. The van der Waals surface area contributed by atoms with E-state index in [1.165, 1.54) is 6.20 Å². The highest BCUT2D eigenvalue weighted by Crippen LogP contribution is 2.27. The summed E-state index contributed by atoms with van der Waals surface area (Å²) in [4.78, 5) is 16.0. The lowest BCUT2D eigenvalue weighted by molar-refractivity contribution is 0.200. The Morgan fingerprint density at radius 2 is 2.00 bits per heavy atom. The summed E-state index contributed by atoms with van der Waals surface area (Å²) in [5.41, 5.74) is 6.86. The second-order valence-corrected chi connectivity index (χ2v) is 7.58. The molecule has 0 spiro atoms. The van der Waals surface area contributed by atoms with Gasteiger partial charge in [0.2, 0.25) is 0 Å². The number of fused-ring (bicyclic) bond motifs is 1. The highest BCUT2D eigenvalue weighted by Gasteiger charge is 2.16. The summed E-state index contributed by atoms with van der Waals surface area (Å²) < 4.78 is 21.6. The Kier molecular flexibility index (Phi) is 6.35. The van der Waals surface area contributed by atoms with Gasteiger partial charge in [0.15, 0.2) is 0 Å². The Morgan fingerprint density at radius 3 is 2.75 bits per heavy atom. The summed E-state index contributed by atoms with van der Waals surface area (Å²) in [7, 11) is 0. The van der Waals surface area contributed by atoms with Crippen molar-refractivity contribution in [2.75, 3.05) is 5.43 Å². The van der Waals surface area contributed by atoms with Crippen molar-refractivity contribution < 1.29 is 13.9 Å². The van der Waals surface area contributed by atoms with Crippen LogP contribution in [-0.2, 0) is 6.54 Å². The Balaban J connectivity index is 1.49. The molecule has 0 fully saturated rings. The van der Waals surface area contributed by atoms with Crippen LogP contribution in [0.25, 0.3) is 10.9 Å². The Hall–Kier alpha value is -3.87. The first-order valence-corrected chi connectivity index (χ1v) is 10.5. The quantitative estimate of drug-likeness (QED) is 0.407. The van der Waals surface area contributed by atoms with Crippen LogP contribution < -0.4 is 15.5 Å². The van der Waals surface area contributed by atoms with Crippen LogP contribution in [0.4, 0.5) is 9.18 Å². The van der Waals surface area contributed by atoms with Gasteiger partial charge in [0, 0.05) is 29.9 Å². The van der Waals surface area contributed by atoms with Gasteiger partial charge in [-0.3, -0.25) is 9.66 Å². The number of benzene rings is 2. The van der Waals surface area contributed by atoms with Gasteiger partial charge in [-0.25, -0.2) is 9.18 Å². The molecule has 0 bridgehead atoms. The number of carbonyl (C=O) groups is 1. The van der Waals surface area contributed by atoms with Gasteiger partial charge < -0.3 is 15.5 Å². The van der Waals surface area contributed by atoms with Crippen LogP contribution in [0.1, 0.15) is 36.1 Å². The van der Waals surface area contributed by atoms with E-state index in [1.807, 2.05) is 67.2 Å². The van der Waals surface area contributed by atoms with E-state index in [-0.39, 0.29) is 11.9 Å². The van der Waals surface area contributed by atoms with Crippen LogP contribution in [0.15, 0.2) is 73.2 Å². The van der Waals surface area contributed by atoms with Gasteiger partial charge in [0.25, 0.3) is 0 Å². The van der Waals surface area contributed by atoms with Gasteiger partial charge >= 0.3 is 6.09 Å². The maximum atomic E-state index is 14.2. The predicted molar refractivity (Wildman–Crippen MR) is 123 cm³/mol. The number of hydrogen-bond acceptors (Lipinski definition) is 4. The van der Waals surface area contributed by atoms with Crippen LogP contribution in [-0.4, -0.2) is 15.8 Å². The van der Waals surface area contributed by atoms with Gasteiger partial charge in [0.05, 0.1) is 17.8 Å². The highest BCUT2D eigenvalue weighted by atomic mass is 19.1. The molecule has 2 aromatic heterocycles. The molecule has 164 valence electrons. The summed E-state index contributed by atoms with van der Waals surface area (Å²) in [5, 5.41) is 3.69. The minimum atomic E-state index is -0.511. The van der Waals surface area contributed by atoms with Crippen molar-refractivity contribution in [2.24, 2.45) is 0 Å². The van der Waals surface area contributed by atoms with E-state index in [1.54, 1.807) is 18.3 Å². The summed E-state index contributed by atoms with van der Waals surface area (Å²) in [5.74, 6) is 0.119. The molecule has 2 heterocycles. The van der Waals surface area contributed by atoms with Crippen LogP contribution >= 0.6 is 0 Å². The lowest BCUT2D eigenvalue weighted by atomic mass is 10.1. The number of halogens is 1. The van der Waals surface area contributed by atoms with Crippen molar-refractivity contribution in [3.8, 4) is 5.75 Å². The number of ether oxygens (including phenoxy) is 1. The molecule has 4 aromatic rings. The number of hydrogen-bond donors (Lipinski definition) is 2. The first-order valence-electron chi connectivity index (χ1n) is 10.5. The fraction of sp³-hybridized carbons (Fsp3) is 0.200. The largest absolute Gasteiger partial charge is 0.412 e. The molecule has 32 heavy (non-hydrogen) atoms. The number of amides is 1. The van der Waals surface area contributed by atoms with Crippen LogP contribution in [0.3, 0.4) is 0 Å². The second-order valence-electron chi connectivity index (χ2n) is 7.58. The zero-order valence-corrected chi connectivity index (χ0v) is 18.0. The van der Waals surface area contributed by atoms with E-state index in [9.17, 15) is 9.18 Å². The molecule has 1 amide bonds. The minimum Gasteiger partial charge on any atom is -0.410 e. The van der Waals surface area contributed by atoms with E-state index in [0.717, 1.165) is 22.0 Å². The van der Waals surface area contributed by atoms with Crippen molar-refractivity contribution in [3.63, 3.8) is 0 Å². The third kappa shape index (κ3) is 4.72. The lowest BCUT2D eigenvalue weighted by Crippen LogP contribution is -2.26. The van der Waals surface area contributed by atoms with Crippen LogP contribution in [0.2, 0.25) is 0 Å². The molecule has 0 aliphatic heterocycles. The Labute approximate surface area is 186 Å². The standard InChI is InChI=1S/C25H25FN4O2/c1-3-23(20-11-12-27-15-22(20)26)29-30-16-17(2)21-13-19(9-10-24(21)30)32-25(31)28-14-18-7-5-4-6-8-18/h4-13,15-16,23,29H,3,14H2,1-2H3,(H,28,31). The van der Waals surface area contributed by atoms with E-state index in [0.29, 0.717) is 24.3 Å². The average Bonchev–Trinajstić information content (AvgIpc) is 3.12. The van der Waals surface area contributed by atoms with Gasteiger partial charge in [-0.05, 0) is 48.7 Å². The van der Waals surface area contributed by atoms with E-state index in [2.05, 4.69) is 15.7 Å². The number of rotatable bonds is 7. The molecule has 7 heteroatoms. The monoisotopic (exact) mass is 432 g/mol. The normalized spacial score (nSPS) is 11.8. The number of carbonyl (C=O) groups excluding carboxylic acids is 1. The number of aryl methyl sites for hydroxylation is 1. The molecular weight excluding hydrogens is 407 g/mol. The predicted octanol–water partition coefficient (Wildman–Crippen LogP) is 5.47. The molecule has 0 aliphatic carbocycles. The Bertz CT molecular complexity index is 1220. The SMILES string of the molecule is CCC(Nn1cc(C)c2cc(OC(=O)NCc3ccccc3)ccc21)c1ccncc1F. The van der Waals surface area contributed by atoms with Crippen LogP contribution in [0, 0.1) is 12.7 Å². The van der Waals surface area contributed by atoms with Gasteiger partial charge in [-0.15, -0.1) is 0 Å². The molecule has 1 atom stereocenters. The number of nitrogens with one attached hydrogen (secondary N) is 2. The summed E-state index contributed by atoms with van der Waals surface area (Å²) >= 11 is 0. The van der Waals surface area contributed by atoms with Gasteiger partial charge in [0.1, 0.15) is 11.6 Å². The van der Waals surface area contributed by atoms with E-state index in [4.69, 9.17) is 4.74 Å². The fourth-order valence-corrected chi connectivity index (χ4v) is 3.67. The molecule has 0 saturated carbocycles. The van der Waals surface area contributed by atoms with Crippen molar-refractivity contribution in [1.29, 1.82) is 0 Å². The zero-order chi connectivity index (χ0) is 22.5. The van der Waals surface area contributed by atoms with E-state index < -0.39 is 6.09 Å². The van der Waals surface area contributed by atoms with Crippen molar-refractivity contribution in [2.45, 2.75) is 32.9 Å². The minimum absolute atomic E-state index is 0.215. The van der Waals surface area contributed by atoms with Crippen LogP contribution in [0.5, 0.6) is 5.75 Å². The third-order valence-electron chi connectivity index (χ3n) is 5.35. The van der Waals surface area contributed by atoms with Crippen molar-refractivity contribution in [3.05, 3.63) is 95.7 Å². The highest BCUT2D eigenvalue weighted by molar-refractivity contribution is 5.86. The molecule has 0 saturated heterocycles. The number of aromatic nitrogens is 2. The van der Waals surface area contributed by atoms with Gasteiger partial charge in [-0.1, -0.05) is 37.3 Å². The first-order chi connectivity index (χ1) is 15.5. The van der Waals surface area contributed by atoms with Gasteiger partial charge in [-0.2, -0.15) is 0 Å². The maximum Gasteiger partial charge on any atom is 0.412 e. The summed E-state index contributed by atoms with van der Waals surface area (Å²) in [6, 6.07) is 16.6. The topological polar surface area (TPSA) is 68.2 Å². The molecule has 0 radical (unpaired) electrons. The molecule has 1 unspecified atom stereocenters. The summed E-state index contributed by atoms with van der Waals surface area (Å²) in [6.45, 7) is 4.37. The average molecular weight is 432 g/mol. The first kappa shape index (κ1) is 21.4. The van der Waals surface area contributed by atoms with Crippen molar-refractivity contribution >= 4 is 17.0 Å². The van der Waals surface area contributed by atoms with Crippen molar-refractivity contribution in [1.82, 2.24) is 15.0 Å². The smallest absolute Gasteiger partial charge is 0.410 e. The molecule has 6 nitrogen and oxygen atoms in total. The number of nitrogens with zero attached hydrogens (tertiary/aromatic N) is 2. The Morgan fingerprint density at radius 1 is 1.19 bits per heavy atom. The fourth-order valence-electron chi connectivity index (χ4n) is 3.67. The molecule has 4 rings (SSSR count). The summed E-state index contributed by atoms with van der Waals surface area (Å²) in [6.07, 6.45) is 4.95. The lowest BCUT2D eigenvalue weighted by Gasteiger charge is -2.20. The number of pyridine rings is 1. The molecule has 0 aliphatic rings. The maximum absolute atomic E-state index is 14.2. The third-order valence-corrected chi connectivity index (χ3v) is 5.35. The molecule has 2 N–H and O–H groups in total. The zero-order valence-electron chi connectivity index (χ0n) is 18.0. The van der Waals surface area contributed by atoms with E-state index >= 15 is 0 Å². The molecular formula is C25H25FN4O2.